The van der Waals surface area contributed by atoms with Crippen LogP contribution in [0.25, 0.3) is 0 Å². The molecule has 0 N–H and O–H groups in total. The molecule has 0 amide bonds. The average molecular weight is 614 g/mol. The lowest BCUT2D eigenvalue weighted by atomic mass is 9.88. The minimum Gasteiger partial charge on any atom is -0.520 e. The number of allylic oxidation sites excluding steroid dienone is 1. The van der Waals surface area contributed by atoms with Crippen LogP contribution in [0, 0.1) is 11.8 Å². The van der Waals surface area contributed by atoms with Crippen molar-refractivity contribution in [3.05, 3.63) is 12.2 Å². The zero-order valence-electron chi connectivity index (χ0n) is 27.9. The Bertz CT molecular complexity index is 783. The van der Waals surface area contributed by atoms with E-state index in [4.69, 9.17) is 18.1 Å². The largest absolute Gasteiger partial charge is 0.520 e. The Hall–Kier alpha value is -0.749. The van der Waals surface area contributed by atoms with Gasteiger partial charge in [0.1, 0.15) is 6.61 Å². The van der Waals surface area contributed by atoms with Crippen molar-refractivity contribution in [2.75, 3.05) is 6.61 Å². The Balaban J connectivity index is 3.00. The first-order chi connectivity index (χ1) is 18.5. The molecule has 9 heteroatoms. The summed E-state index contributed by atoms with van der Waals surface area (Å²) in [6, 6.07) is 0. The zero-order valence-corrected chi connectivity index (χ0v) is 30.9. The Labute approximate surface area is 250 Å². The Morgan fingerprint density at radius 1 is 0.900 bits per heavy atom. The molecule has 4 atom stereocenters. The van der Waals surface area contributed by atoms with Crippen molar-refractivity contribution in [3.8, 4) is 0 Å². The molecule has 6 nitrogen and oxygen atoms in total. The summed E-state index contributed by atoms with van der Waals surface area (Å²) < 4.78 is 19.0. The summed E-state index contributed by atoms with van der Waals surface area (Å²) in [4.78, 5) is 17.7. The molecule has 0 radical (unpaired) electrons. The number of nitrogens with zero attached hydrogens (tertiary/aromatic N) is 1. The third kappa shape index (κ3) is 17.3. The minimum atomic E-state index is -1.80. The van der Waals surface area contributed by atoms with E-state index < -0.39 is 25.0 Å². The molecule has 1 aliphatic carbocycles. The summed E-state index contributed by atoms with van der Waals surface area (Å²) in [6.45, 7) is 24.6. The van der Waals surface area contributed by atoms with Crippen LogP contribution in [-0.2, 0) is 22.9 Å². The normalized spacial score (nSPS) is 22.3. The van der Waals surface area contributed by atoms with Crippen LogP contribution >= 0.6 is 0 Å². The van der Waals surface area contributed by atoms with Crippen molar-refractivity contribution in [2.45, 2.75) is 156 Å². The number of oxime groups is 1. The van der Waals surface area contributed by atoms with E-state index >= 15 is 0 Å². The summed E-state index contributed by atoms with van der Waals surface area (Å²) >= 11 is 0. The molecule has 0 aromatic carbocycles. The Morgan fingerprint density at radius 2 is 1.57 bits per heavy atom. The predicted molar refractivity (Wildman–Crippen MR) is 178 cm³/mol. The van der Waals surface area contributed by atoms with E-state index in [1.54, 1.807) is 0 Å². The van der Waals surface area contributed by atoms with Gasteiger partial charge in [-0.05, 0) is 91.0 Å². The van der Waals surface area contributed by atoms with Crippen molar-refractivity contribution >= 4 is 36.6 Å². The summed E-state index contributed by atoms with van der Waals surface area (Å²) in [5.41, 5.74) is 1.11. The first-order valence-corrected chi connectivity index (χ1v) is 26.2. The smallest absolute Gasteiger partial charge is 0.292 e. The first-order valence-electron chi connectivity index (χ1n) is 16.0. The van der Waals surface area contributed by atoms with Gasteiger partial charge in [0.05, 0.1) is 17.9 Å². The molecule has 234 valence electrons. The van der Waals surface area contributed by atoms with Crippen LogP contribution in [-0.4, -0.2) is 55.4 Å². The van der Waals surface area contributed by atoms with Crippen LogP contribution in [0.1, 0.15) is 84.5 Å². The molecular weight excluding hydrogens is 551 g/mol. The second kappa shape index (κ2) is 18.0. The maximum atomic E-state index is 12.1. The van der Waals surface area contributed by atoms with E-state index in [0.717, 1.165) is 50.7 Å². The molecule has 40 heavy (non-hydrogen) atoms. The monoisotopic (exact) mass is 613 g/mol. The zero-order chi connectivity index (χ0) is 30.4. The summed E-state index contributed by atoms with van der Waals surface area (Å²) in [5.74, 6) is 0.551. The molecule has 0 bridgehead atoms. The highest BCUT2D eigenvalue weighted by Crippen LogP contribution is 2.39. The van der Waals surface area contributed by atoms with Gasteiger partial charge in [0.2, 0.25) is 8.32 Å². The van der Waals surface area contributed by atoms with Gasteiger partial charge in [0.25, 0.3) is 5.97 Å². The molecule has 0 aromatic heterocycles. The second-order valence-electron chi connectivity index (χ2n) is 14.4. The molecule has 0 heterocycles. The number of carbonyl (C=O) groups excluding carboxylic acids is 1. The van der Waals surface area contributed by atoms with E-state index in [-0.39, 0.29) is 24.1 Å². The van der Waals surface area contributed by atoms with Gasteiger partial charge in [-0.2, -0.15) is 0 Å². The van der Waals surface area contributed by atoms with Crippen LogP contribution < -0.4 is 0 Å². The summed E-state index contributed by atoms with van der Waals surface area (Å²) in [6.07, 6.45) is 16.4. The Kier molecular flexibility index (Phi) is 16.8. The first kappa shape index (κ1) is 37.3. The van der Waals surface area contributed by atoms with E-state index in [1.807, 2.05) is 6.92 Å². The number of hydrogen-bond acceptors (Lipinski definition) is 6. The lowest BCUT2D eigenvalue weighted by molar-refractivity contribution is -0.135. The average Bonchev–Trinajstić information content (AvgIpc) is 3.10. The molecule has 1 fully saturated rings. The fraction of sp³-hybridized carbons (Fsp3) is 0.871. The highest BCUT2D eigenvalue weighted by molar-refractivity contribution is 6.71. The van der Waals surface area contributed by atoms with Gasteiger partial charge in [-0.15, -0.1) is 0 Å². The standard InChI is InChI=1S/C31H63NO5Si3/c1-12-14-17-20-26(35-38(3,4)5)23-24-27-28(21-18-15-16-19-22-31(33)37-40(9,10)11)30(36-39(6,7)8)25-29(27)32-34-13-2/h23-24,26-28,30H,12-22,25H2,1-11H3/b24-23+,32-29+/t26-,27-,28-,30-/m0/s1. The molecule has 1 aliphatic rings. The van der Waals surface area contributed by atoms with Crippen molar-refractivity contribution < 1.29 is 22.9 Å². The fourth-order valence-corrected chi connectivity index (χ4v) is 8.36. The third-order valence-electron chi connectivity index (χ3n) is 6.77. The highest BCUT2D eigenvalue weighted by atomic mass is 28.4. The lowest BCUT2D eigenvalue weighted by Crippen LogP contribution is -2.35. The number of carbonyl (C=O) groups is 1. The van der Waals surface area contributed by atoms with Gasteiger partial charge < -0.3 is 18.1 Å². The van der Waals surface area contributed by atoms with E-state index in [9.17, 15) is 4.79 Å². The van der Waals surface area contributed by atoms with Crippen molar-refractivity contribution in [3.63, 3.8) is 0 Å². The molecule has 0 unspecified atom stereocenters. The van der Waals surface area contributed by atoms with Crippen LogP contribution in [0.3, 0.4) is 0 Å². The van der Waals surface area contributed by atoms with Crippen LogP contribution in [0.4, 0.5) is 0 Å². The molecule has 1 saturated carbocycles. The molecule has 0 aromatic rings. The molecule has 0 spiro atoms. The van der Waals surface area contributed by atoms with Gasteiger partial charge in [0, 0.05) is 18.8 Å². The van der Waals surface area contributed by atoms with Crippen molar-refractivity contribution in [1.29, 1.82) is 0 Å². The van der Waals surface area contributed by atoms with Crippen LogP contribution in [0.2, 0.25) is 58.9 Å². The van der Waals surface area contributed by atoms with Crippen LogP contribution in [0.5, 0.6) is 0 Å². The maximum absolute atomic E-state index is 12.1. The molecule has 1 rings (SSSR count). The second-order valence-corrected chi connectivity index (χ2v) is 27.7. The van der Waals surface area contributed by atoms with Gasteiger partial charge in [-0.25, -0.2) is 0 Å². The minimum absolute atomic E-state index is 0.0328. The number of rotatable bonds is 20. The van der Waals surface area contributed by atoms with E-state index in [1.165, 1.54) is 19.3 Å². The van der Waals surface area contributed by atoms with E-state index in [2.05, 4.69) is 83.2 Å². The van der Waals surface area contributed by atoms with Gasteiger partial charge >= 0.3 is 0 Å². The predicted octanol–water partition coefficient (Wildman–Crippen LogP) is 9.31. The third-order valence-corrected chi connectivity index (χ3v) is 9.63. The quantitative estimate of drug-likeness (QED) is 0.0592. The fourth-order valence-electron chi connectivity index (χ4n) is 5.30. The van der Waals surface area contributed by atoms with Gasteiger partial charge in [-0.1, -0.05) is 62.8 Å². The van der Waals surface area contributed by atoms with E-state index in [0.29, 0.717) is 18.9 Å². The summed E-state index contributed by atoms with van der Waals surface area (Å²) in [5, 5.41) is 4.61. The topological polar surface area (TPSA) is 66.4 Å². The highest BCUT2D eigenvalue weighted by Gasteiger charge is 2.42. The van der Waals surface area contributed by atoms with Crippen molar-refractivity contribution in [1.82, 2.24) is 0 Å². The van der Waals surface area contributed by atoms with Gasteiger partial charge in [-0.3, -0.25) is 4.79 Å². The van der Waals surface area contributed by atoms with Gasteiger partial charge in [0.15, 0.2) is 16.6 Å². The number of hydrogen-bond donors (Lipinski definition) is 0. The maximum Gasteiger partial charge on any atom is 0.292 e. The molecule has 0 aliphatic heterocycles. The summed E-state index contributed by atoms with van der Waals surface area (Å²) in [7, 11) is -5.20. The van der Waals surface area contributed by atoms with Crippen LogP contribution in [0.15, 0.2) is 17.3 Å². The molecular formula is C31H63NO5Si3. The van der Waals surface area contributed by atoms with Crippen molar-refractivity contribution in [2.24, 2.45) is 17.0 Å². The molecule has 0 saturated heterocycles. The Morgan fingerprint density at radius 3 is 2.15 bits per heavy atom. The lowest BCUT2D eigenvalue weighted by Gasteiger charge is -2.29. The SMILES string of the molecule is CCCCC[C@@H](/C=C/[C@@H]1/C(=N/OCC)C[C@H](O[Si](C)(C)C)[C@H]1CCCCCCC(=O)O[Si](C)(C)C)O[Si](C)(C)C. The number of unbranched alkanes of at least 4 members (excludes halogenated alkanes) is 5.